The molecular formula is C14H19N3O. The summed E-state index contributed by atoms with van der Waals surface area (Å²) in [5.74, 6) is -0.0334. The van der Waals surface area contributed by atoms with E-state index in [1.54, 1.807) is 0 Å². The van der Waals surface area contributed by atoms with Crippen molar-refractivity contribution in [3.05, 3.63) is 35.4 Å². The van der Waals surface area contributed by atoms with Crippen molar-refractivity contribution in [1.29, 1.82) is 0 Å². The molecule has 1 aromatic carbocycles. The lowest BCUT2D eigenvalue weighted by atomic mass is 10.1. The first-order valence-electron chi connectivity index (χ1n) is 6.23. The van der Waals surface area contributed by atoms with Crippen LogP contribution in [0.1, 0.15) is 15.9 Å². The highest BCUT2D eigenvalue weighted by Gasteiger charge is 2.11. The van der Waals surface area contributed by atoms with Crippen LogP contribution < -0.4 is 0 Å². The highest BCUT2D eigenvalue weighted by Crippen LogP contribution is 2.04. The second-order valence-electron chi connectivity index (χ2n) is 4.73. The number of rotatable bonds is 3. The number of hydrogen-bond donors (Lipinski definition) is 0. The summed E-state index contributed by atoms with van der Waals surface area (Å²) in [6, 6.07) is 7.56. The summed E-state index contributed by atoms with van der Waals surface area (Å²) in [6.07, 6.45) is 1.43. The number of hydrazone groups is 1. The first-order valence-corrected chi connectivity index (χ1v) is 6.23. The minimum Gasteiger partial charge on any atom is -0.303 e. The van der Waals surface area contributed by atoms with E-state index in [1.807, 2.05) is 36.2 Å². The number of carbonyl (C=O) groups excluding carboxylic acids is 1. The Balaban J connectivity index is 1.92. The molecular weight excluding hydrogens is 226 g/mol. The average molecular weight is 245 g/mol. The summed E-state index contributed by atoms with van der Waals surface area (Å²) in [4.78, 5) is 14.1. The molecule has 0 spiro atoms. The Morgan fingerprint density at radius 3 is 2.39 bits per heavy atom. The lowest BCUT2D eigenvalue weighted by Crippen LogP contribution is -2.41. The van der Waals surface area contributed by atoms with Crippen molar-refractivity contribution < 1.29 is 4.79 Å². The Hall–Kier alpha value is -1.68. The molecule has 1 fully saturated rings. The number of benzene rings is 1. The van der Waals surface area contributed by atoms with Crippen LogP contribution in [0.2, 0.25) is 0 Å². The molecule has 0 bridgehead atoms. The molecule has 2 rings (SSSR count). The van der Waals surface area contributed by atoms with Gasteiger partial charge in [0, 0.05) is 31.7 Å². The maximum absolute atomic E-state index is 11.9. The Morgan fingerprint density at radius 1 is 1.17 bits per heavy atom. The van der Waals surface area contributed by atoms with E-state index in [1.165, 1.54) is 6.21 Å². The summed E-state index contributed by atoms with van der Waals surface area (Å²) < 4.78 is 0. The Morgan fingerprint density at radius 2 is 1.78 bits per heavy atom. The average Bonchev–Trinajstić information content (AvgIpc) is 2.38. The zero-order chi connectivity index (χ0) is 13.0. The summed E-state index contributed by atoms with van der Waals surface area (Å²) in [7, 11) is 2.10. The predicted octanol–water partition coefficient (Wildman–Crippen LogP) is 1.41. The molecule has 1 saturated heterocycles. The van der Waals surface area contributed by atoms with E-state index in [2.05, 4.69) is 17.0 Å². The van der Waals surface area contributed by atoms with E-state index in [4.69, 9.17) is 0 Å². The number of Topliss-reactive ketones (excluding diaryl/α,β-unsaturated/α-hetero) is 1. The van der Waals surface area contributed by atoms with Gasteiger partial charge in [-0.1, -0.05) is 29.8 Å². The van der Waals surface area contributed by atoms with Gasteiger partial charge in [0.25, 0.3) is 0 Å². The Labute approximate surface area is 108 Å². The first-order chi connectivity index (χ1) is 8.65. The van der Waals surface area contributed by atoms with Gasteiger partial charge in [-0.3, -0.25) is 9.80 Å². The minimum atomic E-state index is -0.0334. The van der Waals surface area contributed by atoms with Gasteiger partial charge in [0.15, 0.2) is 0 Å². The van der Waals surface area contributed by atoms with Crippen LogP contribution in [0, 0.1) is 6.92 Å². The van der Waals surface area contributed by atoms with E-state index in [9.17, 15) is 4.79 Å². The molecule has 1 heterocycles. The number of ketones is 1. The quantitative estimate of drug-likeness (QED) is 0.596. The lowest BCUT2D eigenvalue weighted by molar-refractivity contribution is 0.106. The lowest BCUT2D eigenvalue weighted by Gasteiger charge is -2.30. The fourth-order valence-electron chi connectivity index (χ4n) is 1.84. The molecule has 0 N–H and O–H groups in total. The summed E-state index contributed by atoms with van der Waals surface area (Å²) in [6.45, 7) is 5.76. The Kier molecular flexibility index (Phi) is 4.10. The van der Waals surface area contributed by atoms with E-state index < -0.39 is 0 Å². The van der Waals surface area contributed by atoms with Crippen molar-refractivity contribution >= 4 is 12.0 Å². The molecule has 4 nitrogen and oxygen atoms in total. The van der Waals surface area contributed by atoms with Gasteiger partial charge >= 0.3 is 0 Å². The van der Waals surface area contributed by atoms with Crippen molar-refractivity contribution in [3.63, 3.8) is 0 Å². The summed E-state index contributed by atoms with van der Waals surface area (Å²) in [5.41, 5.74) is 1.85. The van der Waals surface area contributed by atoms with Gasteiger partial charge in [-0.05, 0) is 14.0 Å². The topological polar surface area (TPSA) is 35.9 Å². The molecule has 0 aromatic heterocycles. The van der Waals surface area contributed by atoms with Crippen LogP contribution in [-0.2, 0) is 0 Å². The molecule has 1 aliphatic rings. The van der Waals surface area contributed by atoms with Crippen LogP contribution in [0.5, 0.6) is 0 Å². The van der Waals surface area contributed by atoms with Crippen LogP contribution in [-0.4, -0.2) is 55.1 Å². The van der Waals surface area contributed by atoms with Gasteiger partial charge in [0.05, 0.1) is 6.21 Å². The molecule has 4 heteroatoms. The van der Waals surface area contributed by atoms with Gasteiger partial charge in [0.2, 0.25) is 5.78 Å². The summed E-state index contributed by atoms with van der Waals surface area (Å²) >= 11 is 0. The van der Waals surface area contributed by atoms with Crippen LogP contribution in [0.25, 0.3) is 0 Å². The normalized spacial score (nSPS) is 17.3. The van der Waals surface area contributed by atoms with Crippen molar-refractivity contribution in [2.75, 3.05) is 33.2 Å². The molecule has 0 saturated carbocycles. The number of likely N-dealkylation sites (N-methyl/N-ethyl adjacent to an activating group) is 1. The third-order valence-corrected chi connectivity index (χ3v) is 3.15. The molecule has 1 aromatic rings. The number of carbonyl (C=O) groups is 1. The van der Waals surface area contributed by atoms with E-state index in [0.717, 1.165) is 31.7 Å². The predicted molar refractivity (Wildman–Crippen MR) is 73.1 cm³/mol. The Bertz CT molecular complexity index is 431. The third kappa shape index (κ3) is 3.40. The summed E-state index contributed by atoms with van der Waals surface area (Å²) in [5, 5.41) is 6.20. The van der Waals surface area contributed by atoms with Crippen molar-refractivity contribution in [3.8, 4) is 0 Å². The second-order valence-corrected chi connectivity index (χ2v) is 4.73. The molecule has 0 unspecified atom stereocenters. The maximum atomic E-state index is 11.9. The van der Waals surface area contributed by atoms with E-state index >= 15 is 0 Å². The number of nitrogens with zero attached hydrogens (tertiary/aromatic N) is 3. The van der Waals surface area contributed by atoms with Gasteiger partial charge in [-0.25, -0.2) is 0 Å². The van der Waals surface area contributed by atoms with Crippen LogP contribution in [0.15, 0.2) is 29.4 Å². The SMILES string of the molecule is Cc1ccc(C(=O)C=NN2CCN(C)CC2)cc1. The molecule has 18 heavy (non-hydrogen) atoms. The number of aryl methyl sites for hydroxylation is 1. The molecule has 0 radical (unpaired) electrons. The van der Waals surface area contributed by atoms with Crippen LogP contribution in [0.3, 0.4) is 0 Å². The van der Waals surface area contributed by atoms with E-state index in [0.29, 0.717) is 5.56 Å². The molecule has 0 atom stereocenters. The highest BCUT2D eigenvalue weighted by atomic mass is 16.1. The maximum Gasteiger partial charge on any atom is 0.205 e. The minimum absolute atomic E-state index is 0.0334. The third-order valence-electron chi connectivity index (χ3n) is 3.15. The van der Waals surface area contributed by atoms with E-state index in [-0.39, 0.29) is 5.78 Å². The first kappa shape index (κ1) is 12.8. The van der Waals surface area contributed by atoms with Gasteiger partial charge < -0.3 is 4.90 Å². The fraction of sp³-hybridized carbons (Fsp3) is 0.429. The van der Waals surface area contributed by atoms with Gasteiger partial charge in [0.1, 0.15) is 0 Å². The van der Waals surface area contributed by atoms with Crippen molar-refractivity contribution in [2.24, 2.45) is 5.10 Å². The van der Waals surface area contributed by atoms with Gasteiger partial charge in [-0.15, -0.1) is 0 Å². The van der Waals surface area contributed by atoms with Crippen LogP contribution >= 0.6 is 0 Å². The van der Waals surface area contributed by atoms with Gasteiger partial charge in [-0.2, -0.15) is 5.10 Å². The second kappa shape index (κ2) is 5.78. The number of hydrogen-bond acceptors (Lipinski definition) is 4. The monoisotopic (exact) mass is 245 g/mol. The molecule has 0 amide bonds. The van der Waals surface area contributed by atoms with Crippen molar-refractivity contribution in [1.82, 2.24) is 9.91 Å². The standard InChI is InChI=1S/C14H19N3O/c1-12-3-5-13(6-4-12)14(18)11-15-17-9-7-16(2)8-10-17/h3-6,11H,7-10H2,1-2H3. The largest absolute Gasteiger partial charge is 0.303 e. The molecule has 1 aliphatic heterocycles. The van der Waals surface area contributed by atoms with Crippen molar-refractivity contribution in [2.45, 2.75) is 6.92 Å². The molecule has 96 valence electrons. The van der Waals surface area contributed by atoms with Crippen LogP contribution in [0.4, 0.5) is 0 Å². The fourth-order valence-corrected chi connectivity index (χ4v) is 1.84. The highest BCUT2D eigenvalue weighted by molar-refractivity contribution is 6.35. The zero-order valence-corrected chi connectivity index (χ0v) is 11.0. The molecule has 0 aliphatic carbocycles. The smallest absolute Gasteiger partial charge is 0.205 e. The number of piperazine rings is 1. The zero-order valence-electron chi connectivity index (χ0n) is 11.0.